The Labute approximate surface area is 112 Å². The molecule has 0 bridgehead atoms. The lowest BCUT2D eigenvalue weighted by Gasteiger charge is -2.33. The summed E-state index contributed by atoms with van der Waals surface area (Å²) < 4.78 is 0. The summed E-state index contributed by atoms with van der Waals surface area (Å²) in [5.74, 6) is -1.20. The van der Waals surface area contributed by atoms with Crippen molar-refractivity contribution in [3.05, 3.63) is 0 Å². The maximum Gasteiger partial charge on any atom is 0.245 e. The minimum Gasteiger partial charge on any atom is -0.368 e. The van der Waals surface area contributed by atoms with E-state index in [-0.39, 0.29) is 0 Å². The van der Waals surface area contributed by atoms with Crippen molar-refractivity contribution in [1.29, 1.82) is 0 Å². The summed E-state index contributed by atoms with van der Waals surface area (Å²) in [6.07, 6.45) is 5.40. The Kier molecular flexibility index (Phi) is 4.04. The van der Waals surface area contributed by atoms with E-state index in [4.69, 9.17) is 11.5 Å². The number of nitrogens with one attached hydrogen (secondary N) is 1. The zero-order valence-electron chi connectivity index (χ0n) is 11.0. The fraction of sp³-hybridized carbons (Fsp3) is 0.750. The highest BCUT2D eigenvalue weighted by atomic mass is 16.2. The quantitative estimate of drug-likeness (QED) is 0.566. The van der Waals surface area contributed by atoms with E-state index < -0.39 is 23.4 Å². The van der Waals surface area contributed by atoms with Gasteiger partial charge in [0.15, 0.2) is 6.04 Å². The van der Waals surface area contributed by atoms with Crippen LogP contribution in [0.4, 0.5) is 0 Å². The van der Waals surface area contributed by atoms with E-state index in [1.807, 2.05) is 0 Å². The highest BCUT2D eigenvalue weighted by Gasteiger charge is 2.49. The van der Waals surface area contributed by atoms with Gasteiger partial charge in [-0.05, 0) is 32.4 Å². The van der Waals surface area contributed by atoms with Crippen LogP contribution in [0.2, 0.25) is 0 Å². The smallest absolute Gasteiger partial charge is 0.245 e. The van der Waals surface area contributed by atoms with E-state index in [1.54, 1.807) is 0 Å². The predicted octanol–water partition coefficient (Wildman–Crippen LogP) is -1.43. The number of likely N-dealkylation sites (tertiary alicyclic amines) is 1. The van der Waals surface area contributed by atoms with Crippen molar-refractivity contribution in [3.8, 4) is 0 Å². The summed E-state index contributed by atoms with van der Waals surface area (Å²) in [5, 5.41) is 2.85. The van der Waals surface area contributed by atoms with Crippen LogP contribution in [0.25, 0.3) is 0 Å². The van der Waals surface area contributed by atoms with Gasteiger partial charge in [0.1, 0.15) is 5.54 Å². The molecule has 1 saturated heterocycles. The van der Waals surface area contributed by atoms with E-state index in [9.17, 15) is 9.59 Å². The lowest BCUT2D eigenvalue weighted by atomic mass is 9.86. The molecule has 2 aliphatic rings. The molecule has 2 atom stereocenters. The SMILES string of the molecule is NC(=O)C1N=CNC1(CCN1CCCCC1)C(N)=O. The maximum atomic E-state index is 11.8. The number of aliphatic imine (C=N–C) groups is 1. The van der Waals surface area contributed by atoms with Crippen LogP contribution in [0.5, 0.6) is 0 Å². The molecule has 2 unspecified atom stereocenters. The molecule has 0 aliphatic carbocycles. The normalized spacial score (nSPS) is 31.1. The number of piperidine rings is 1. The molecule has 2 rings (SSSR count). The van der Waals surface area contributed by atoms with Gasteiger partial charge in [-0.15, -0.1) is 0 Å². The van der Waals surface area contributed by atoms with Crippen LogP contribution >= 0.6 is 0 Å². The number of hydrogen-bond acceptors (Lipinski definition) is 5. The van der Waals surface area contributed by atoms with Crippen LogP contribution in [0.15, 0.2) is 4.99 Å². The third-order valence-corrected chi connectivity index (χ3v) is 3.99. The summed E-state index contributed by atoms with van der Waals surface area (Å²) in [5.41, 5.74) is 9.61. The number of nitrogens with two attached hydrogens (primary N) is 2. The summed E-state index contributed by atoms with van der Waals surface area (Å²) in [6.45, 7) is 2.76. The van der Waals surface area contributed by atoms with Crippen molar-refractivity contribution in [2.75, 3.05) is 19.6 Å². The fourth-order valence-electron chi connectivity index (χ4n) is 2.80. The molecule has 2 aliphatic heterocycles. The van der Waals surface area contributed by atoms with Crippen LogP contribution in [-0.4, -0.2) is 54.3 Å². The summed E-state index contributed by atoms with van der Waals surface area (Å²) >= 11 is 0. The Balaban J connectivity index is 2.03. The lowest BCUT2D eigenvalue weighted by Crippen LogP contribution is -2.63. The van der Waals surface area contributed by atoms with Crippen molar-refractivity contribution >= 4 is 18.2 Å². The van der Waals surface area contributed by atoms with Gasteiger partial charge in [-0.25, -0.2) is 0 Å². The fourth-order valence-corrected chi connectivity index (χ4v) is 2.80. The van der Waals surface area contributed by atoms with Crippen LogP contribution in [0.1, 0.15) is 25.7 Å². The zero-order chi connectivity index (χ0) is 13.9. The average Bonchev–Trinajstić information content (AvgIpc) is 2.83. The largest absolute Gasteiger partial charge is 0.368 e. The van der Waals surface area contributed by atoms with Gasteiger partial charge in [-0.2, -0.15) is 0 Å². The van der Waals surface area contributed by atoms with E-state index >= 15 is 0 Å². The third-order valence-electron chi connectivity index (χ3n) is 3.99. The Bertz CT molecular complexity index is 392. The van der Waals surface area contributed by atoms with Gasteiger partial charge in [0, 0.05) is 6.54 Å². The second-order valence-electron chi connectivity index (χ2n) is 5.22. The first-order valence-electron chi connectivity index (χ1n) is 6.67. The Hall–Kier alpha value is -1.63. The molecular formula is C12H21N5O2. The van der Waals surface area contributed by atoms with Crippen LogP contribution in [0.3, 0.4) is 0 Å². The maximum absolute atomic E-state index is 11.8. The number of primary amides is 2. The molecule has 2 heterocycles. The molecule has 7 heteroatoms. The predicted molar refractivity (Wildman–Crippen MR) is 71.4 cm³/mol. The van der Waals surface area contributed by atoms with Crippen LogP contribution in [0, 0.1) is 0 Å². The molecule has 5 N–H and O–H groups in total. The van der Waals surface area contributed by atoms with Gasteiger partial charge in [0.25, 0.3) is 0 Å². The molecule has 106 valence electrons. The van der Waals surface area contributed by atoms with Gasteiger partial charge >= 0.3 is 0 Å². The van der Waals surface area contributed by atoms with E-state index in [1.165, 1.54) is 25.6 Å². The molecule has 19 heavy (non-hydrogen) atoms. The number of nitrogens with zero attached hydrogens (tertiary/aromatic N) is 2. The molecule has 0 spiro atoms. The van der Waals surface area contributed by atoms with Gasteiger partial charge in [-0.3, -0.25) is 14.6 Å². The Morgan fingerprint density at radius 2 is 2.00 bits per heavy atom. The van der Waals surface area contributed by atoms with Crippen molar-refractivity contribution in [3.63, 3.8) is 0 Å². The molecule has 0 aromatic heterocycles. The van der Waals surface area contributed by atoms with Gasteiger partial charge in [-0.1, -0.05) is 6.42 Å². The minimum absolute atomic E-state index is 0.440. The van der Waals surface area contributed by atoms with E-state index in [2.05, 4.69) is 15.2 Å². The highest BCUT2D eigenvalue weighted by molar-refractivity contribution is 5.98. The van der Waals surface area contributed by atoms with Gasteiger partial charge in [0.2, 0.25) is 11.8 Å². The van der Waals surface area contributed by atoms with Gasteiger partial charge in [0.05, 0.1) is 6.34 Å². The lowest BCUT2D eigenvalue weighted by molar-refractivity contribution is -0.130. The molecule has 0 radical (unpaired) electrons. The Morgan fingerprint density at radius 1 is 1.32 bits per heavy atom. The van der Waals surface area contributed by atoms with Crippen molar-refractivity contribution in [1.82, 2.24) is 10.2 Å². The van der Waals surface area contributed by atoms with Crippen molar-refractivity contribution in [2.24, 2.45) is 16.5 Å². The first kappa shape index (κ1) is 13.8. The summed E-state index contributed by atoms with van der Waals surface area (Å²) in [6, 6.07) is -0.908. The molecule has 1 fully saturated rings. The van der Waals surface area contributed by atoms with Crippen molar-refractivity contribution < 1.29 is 9.59 Å². The topological polar surface area (TPSA) is 114 Å². The number of rotatable bonds is 5. The monoisotopic (exact) mass is 267 g/mol. The molecule has 0 aromatic rings. The number of carbonyl (C=O) groups excluding carboxylic acids is 2. The minimum atomic E-state index is -1.16. The summed E-state index contributed by atoms with van der Waals surface area (Å²) in [7, 11) is 0. The Morgan fingerprint density at radius 3 is 2.58 bits per heavy atom. The van der Waals surface area contributed by atoms with Gasteiger partial charge < -0.3 is 21.7 Å². The standard InChI is InChI=1S/C12H21N5O2/c13-10(18)9-12(11(14)19,16-8-15-9)4-7-17-5-2-1-3-6-17/h8-9H,1-7H2,(H2,13,18)(H2,14,19)(H,15,16). The molecule has 7 nitrogen and oxygen atoms in total. The van der Waals surface area contributed by atoms with E-state index in [0.717, 1.165) is 13.1 Å². The summed E-state index contributed by atoms with van der Waals surface area (Å²) in [4.78, 5) is 29.4. The first-order valence-corrected chi connectivity index (χ1v) is 6.67. The molecular weight excluding hydrogens is 246 g/mol. The zero-order valence-corrected chi connectivity index (χ0v) is 11.0. The highest BCUT2D eigenvalue weighted by Crippen LogP contribution is 2.23. The van der Waals surface area contributed by atoms with Crippen LogP contribution < -0.4 is 16.8 Å². The number of hydrogen-bond donors (Lipinski definition) is 3. The van der Waals surface area contributed by atoms with Crippen molar-refractivity contribution in [2.45, 2.75) is 37.3 Å². The average molecular weight is 267 g/mol. The van der Waals surface area contributed by atoms with Crippen LogP contribution in [-0.2, 0) is 9.59 Å². The third kappa shape index (κ3) is 2.70. The molecule has 0 saturated carbocycles. The second-order valence-corrected chi connectivity index (χ2v) is 5.22. The second kappa shape index (κ2) is 5.56. The number of carbonyl (C=O) groups is 2. The van der Waals surface area contributed by atoms with E-state index in [0.29, 0.717) is 13.0 Å². The first-order chi connectivity index (χ1) is 9.06. The molecule has 0 aromatic carbocycles. The molecule has 2 amide bonds. The number of amides is 2.